The van der Waals surface area contributed by atoms with E-state index in [1.54, 1.807) is 37.5 Å². The number of aromatic hydroxyl groups is 2. The Morgan fingerprint density at radius 2 is 1.54 bits per heavy atom. The van der Waals surface area contributed by atoms with E-state index in [4.69, 9.17) is 14.2 Å². The predicted molar refractivity (Wildman–Crippen MR) is 109 cm³/mol. The molecule has 0 saturated carbocycles. The van der Waals surface area contributed by atoms with Crippen molar-refractivity contribution >= 4 is 0 Å². The van der Waals surface area contributed by atoms with Crippen molar-refractivity contribution in [1.29, 1.82) is 0 Å². The number of hydrogen-bond acceptors (Lipinski definition) is 5. The molecule has 0 fully saturated rings. The highest BCUT2D eigenvalue weighted by atomic mass is 16.5. The first-order chi connectivity index (χ1) is 13.6. The van der Waals surface area contributed by atoms with Crippen LogP contribution in [-0.2, 0) is 0 Å². The molecule has 3 aromatic rings. The molecule has 0 spiro atoms. The third-order valence-corrected chi connectivity index (χ3v) is 4.33. The predicted octanol–water partition coefficient (Wildman–Crippen LogP) is 5.01. The van der Waals surface area contributed by atoms with Crippen LogP contribution in [0.1, 0.15) is 0 Å². The molecule has 144 valence electrons. The van der Waals surface area contributed by atoms with Crippen LogP contribution in [0.2, 0.25) is 0 Å². The molecular formula is C23H22O5. The SMILES string of the molecule is C=CCOc1ccc(-c2cc(OC)c(-c3ccc(O)cc3)c(O)c2OC)cc1. The van der Waals surface area contributed by atoms with Crippen LogP contribution in [0.15, 0.2) is 67.3 Å². The molecule has 3 rings (SSSR count). The Bertz CT molecular complexity index is 960. The summed E-state index contributed by atoms with van der Waals surface area (Å²) in [6, 6.07) is 15.8. The molecule has 0 aromatic heterocycles. The van der Waals surface area contributed by atoms with Gasteiger partial charge in [0.2, 0.25) is 0 Å². The molecule has 0 radical (unpaired) electrons. The van der Waals surface area contributed by atoms with E-state index in [1.807, 2.05) is 30.3 Å². The first-order valence-electron chi connectivity index (χ1n) is 8.70. The van der Waals surface area contributed by atoms with E-state index in [2.05, 4.69) is 6.58 Å². The Morgan fingerprint density at radius 1 is 0.893 bits per heavy atom. The zero-order valence-electron chi connectivity index (χ0n) is 15.8. The maximum Gasteiger partial charge on any atom is 0.170 e. The standard InChI is InChI=1S/C23H22O5/c1-4-13-28-18-11-7-15(8-12-18)19-14-20(26-2)21(22(25)23(19)27-3)16-5-9-17(24)10-6-16/h4-12,14,24-25H,1,13H2,2-3H3. The van der Waals surface area contributed by atoms with Gasteiger partial charge in [0.15, 0.2) is 11.5 Å². The lowest BCUT2D eigenvalue weighted by atomic mass is 9.96. The molecule has 0 saturated heterocycles. The minimum Gasteiger partial charge on any atom is -0.508 e. The van der Waals surface area contributed by atoms with Gasteiger partial charge in [0.1, 0.15) is 23.9 Å². The van der Waals surface area contributed by atoms with Gasteiger partial charge in [0.05, 0.1) is 19.8 Å². The summed E-state index contributed by atoms with van der Waals surface area (Å²) in [6.45, 7) is 4.06. The van der Waals surface area contributed by atoms with E-state index in [0.29, 0.717) is 34.8 Å². The summed E-state index contributed by atoms with van der Waals surface area (Å²) in [5, 5.41) is 20.5. The summed E-state index contributed by atoms with van der Waals surface area (Å²) in [5.41, 5.74) is 2.72. The van der Waals surface area contributed by atoms with E-state index in [-0.39, 0.29) is 11.5 Å². The zero-order chi connectivity index (χ0) is 20.1. The third kappa shape index (κ3) is 3.74. The average Bonchev–Trinajstić information content (AvgIpc) is 2.72. The van der Waals surface area contributed by atoms with Crippen molar-refractivity contribution in [3.63, 3.8) is 0 Å². The van der Waals surface area contributed by atoms with Gasteiger partial charge in [-0.1, -0.05) is 36.9 Å². The summed E-state index contributed by atoms with van der Waals surface area (Å²) in [7, 11) is 3.05. The molecule has 0 atom stereocenters. The van der Waals surface area contributed by atoms with E-state index in [1.165, 1.54) is 7.11 Å². The topological polar surface area (TPSA) is 68.2 Å². The van der Waals surface area contributed by atoms with Crippen molar-refractivity contribution in [2.75, 3.05) is 20.8 Å². The van der Waals surface area contributed by atoms with E-state index in [9.17, 15) is 10.2 Å². The van der Waals surface area contributed by atoms with Gasteiger partial charge < -0.3 is 24.4 Å². The first kappa shape index (κ1) is 19.2. The van der Waals surface area contributed by atoms with Gasteiger partial charge >= 0.3 is 0 Å². The number of phenols is 2. The number of phenolic OH excluding ortho intramolecular Hbond substituents is 2. The molecule has 2 N–H and O–H groups in total. The highest BCUT2D eigenvalue weighted by Gasteiger charge is 2.21. The molecule has 0 aliphatic rings. The Morgan fingerprint density at radius 3 is 2.11 bits per heavy atom. The lowest BCUT2D eigenvalue weighted by molar-refractivity contribution is 0.363. The minimum atomic E-state index is -0.0328. The Balaban J connectivity index is 2.11. The Labute approximate surface area is 164 Å². The van der Waals surface area contributed by atoms with Gasteiger partial charge in [0, 0.05) is 5.56 Å². The zero-order valence-corrected chi connectivity index (χ0v) is 15.8. The average molecular weight is 378 g/mol. The quantitative estimate of drug-likeness (QED) is 0.566. The third-order valence-electron chi connectivity index (χ3n) is 4.33. The van der Waals surface area contributed by atoms with Crippen molar-refractivity contribution < 1.29 is 24.4 Å². The van der Waals surface area contributed by atoms with Crippen LogP contribution in [0.5, 0.6) is 28.7 Å². The smallest absolute Gasteiger partial charge is 0.170 e. The Hall–Kier alpha value is -3.60. The van der Waals surface area contributed by atoms with Crippen molar-refractivity contribution in [2.45, 2.75) is 0 Å². The van der Waals surface area contributed by atoms with Gasteiger partial charge in [0.25, 0.3) is 0 Å². The van der Waals surface area contributed by atoms with Crippen LogP contribution in [0.4, 0.5) is 0 Å². The molecule has 0 bridgehead atoms. The summed E-state index contributed by atoms with van der Waals surface area (Å²) < 4.78 is 16.6. The van der Waals surface area contributed by atoms with Crippen molar-refractivity contribution in [2.24, 2.45) is 0 Å². The van der Waals surface area contributed by atoms with Gasteiger partial charge in [-0.3, -0.25) is 0 Å². The molecule has 0 aliphatic carbocycles. The van der Waals surface area contributed by atoms with Gasteiger partial charge in [-0.2, -0.15) is 0 Å². The molecule has 0 unspecified atom stereocenters. The highest BCUT2D eigenvalue weighted by molar-refractivity contribution is 5.87. The van der Waals surface area contributed by atoms with Crippen LogP contribution in [0.25, 0.3) is 22.3 Å². The second kappa shape index (κ2) is 8.39. The summed E-state index contributed by atoms with van der Waals surface area (Å²) >= 11 is 0. The van der Waals surface area contributed by atoms with Crippen molar-refractivity contribution in [1.82, 2.24) is 0 Å². The molecule has 5 nitrogen and oxygen atoms in total. The molecule has 0 amide bonds. The van der Waals surface area contributed by atoms with Crippen molar-refractivity contribution in [3.8, 4) is 51.0 Å². The fourth-order valence-electron chi connectivity index (χ4n) is 3.00. The number of methoxy groups -OCH3 is 2. The highest BCUT2D eigenvalue weighted by Crippen LogP contribution is 2.49. The normalized spacial score (nSPS) is 10.4. The maximum atomic E-state index is 10.9. The monoisotopic (exact) mass is 378 g/mol. The number of benzene rings is 3. The van der Waals surface area contributed by atoms with E-state index in [0.717, 1.165) is 11.3 Å². The second-order valence-electron chi connectivity index (χ2n) is 6.05. The molecule has 0 aliphatic heterocycles. The summed E-state index contributed by atoms with van der Waals surface area (Å²) in [5.74, 6) is 1.66. The van der Waals surface area contributed by atoms with Crippen LogP contribution >= 0.6 is 0 Å². The lowest BCUT2D eigenvalue weighted by Crippen LogP contribution is -1.96. The molecular weight excluding hydrogens is 356 g/mol. The fourth-order valence-corrected chi connectivity index (χ4v) is 3.00. The fraction of sp³-hybridized carbons (Fsp3) is 0.130. The maximum absolute atomic E-state index is 10.9. The molecule has 5 heteroatoms. The first-order valence-corrected chi connectivity index (χ1v) is 8.70. The van der Waals surface area contributed by atoms with E-state index >= 15 is 0 Å². The van der Waals surface area contributed by atoms with E-state index < -0.39 is 0 Å². The molecule has 3 aromatic carbocycles. The number of rotatable bonds is 7. The minimum absolute atomic E-state index is 0.0328. The molecule has 0 heterocycles. The number of ether oxygens (including phenoxy) is 3. The summed E-state index contributed by atoms with van der Waals surface area (Å²) in [6.07, 6.45) is 1.68. The van der Waals surface area contributed by atoms with Gasteiger partial charge in [-0.05, 0) is 41.5 Å². The van der Waals surface area contributed by atoms with Crippen LogP contribution in [0, 0.1) is 0 Å². The second-order valence-corrected chi connectivity index (χ2v) is 6.05. The van der Waals surface area contributed by atoms with Crippen LogP contribution in [-0.4, -0.2) is 31.0 Å². The van der Waals surface area contributed by atoms with Crippen molar-refractivity contribution in [3.05, 3.63) is 67.3 Å². The number of hydrogen-bond donors (Lipinski definition) is 2. The van der Waals surface area contributed by atoms with Gasteiger partial charge in [-0.15, -0.1) is 0 Å². The van der Waals surface area contributed by atoms with Gasteiger partial charge in [-0.25, -0.2) is 0 Å². The lowest BCUT2D eigenvalue weighted by Gasteiger charge is -2.18. The van der Waals surface area contributed by atoms with Crippen LogP contribution < -0.4 is 14.2 Å². The molecule has 28 heavy (non-hydrogen) atoms. The largest absolute Gasteiger partial charge is 0.508 e. The summed E-state index contributed by atoms with van der Waals surface area (Å²) in [4.78, 5) is 0. The van der Waals surface area contributed by atoms with Crippen LogP contribution in [0.3, 0.4) is 0 Å². The Kier molecular flexibility index (Phi) is 5.75.